The summed E-state index contributed by atoms with van der Waals surface area (Å²) >= 11 is 0. The molecule has 5 nitrogen and oxygen atoms in total. The van der Waals surface area contributed by atoms with E-state index >= 15 is 0 Å². The van der Waals surface area contributed by atoms with Crippen LogP contribution < -0.4 is 10.6 Å². The molecule has 20 heavy (non-hydrogen) atoms. The Hall–Kier alpha value is -1.66. The molecule has 0 aromatic heterocycles. The van der Waals surface area contributed by atoms with Gasteiger partial charge in [-0.3, -0.25) is 0 Å². The summed E-state index contributed by atoms with van der Waals surface area (Å²) in [4.78, 5) is 13.4. The van der Waals surface area contributed by atoms with Gasteiger partial charge < -0.3 is 20.1 Å². The number of nitrogens with two attached hydrogens (primary N) is 1. The number of nitrogens with zero attached hydrogens (tertiary/aromatic N) is 1. The second-order valence-corrected chi connectivity index (χ2v) is 4.83. The number of benzene rings is 1. The van der Waals surface area contributed by atoms with Crippen molar-refractivity contribution in [1.29, 1.82) is 0 Å². The largest absolute Gasteiger partial charge is 0.465 e. The summed E-state index contributed by atoms with van der Waals surface area (Å²) in [5, 5.41) is 0. The third-order valence-corrected chi connectivity index (χ3v) is 3.62. The molecule has 0 spiro atoms. The SMILES string of the molecule is COC(=O)c1ccc(F)c(N2CC[C@@H](N)[C@@H](OC)C2)c1. The maximum atomic E-state index is 14.0. The van der Waals surface area contributed by atoms with Crippen molar-refractivity contribution in [2.75, 3.05) is 32.2 Å². The molecule has 110 valence electrons. The molecule has 0 amide bonds. The summed E-state index contributed by atoms with van der Waals surface area (Å²) in [7, 11) is 2.89. The van der Waals surface area contributed by atoms with Crippen LogP contribution in [0.4, 0.5) is 10.1 Å². The minimum Gasteiger partial charge on any atom is -0.465 e. The molecule has 2 N–H and O–H groups in total. The van der Waals surface area contributed by atoms with E-state index in [1.54, 1.807) is 7.11 Å². The van der Waals surface area contributed by atoms with E-state index in [1.165, 1.54) is 25.3 Å². The quantitative estimate of drug-likeness (QED) is 0.843. The number of methoxy groups -OCH3 is 2. The molecule has 2 atom stereocenters. The molecule has 1 heterocycles. The summed E-state index contributed by atoms with van der Waals surface area (Å²) in [6.07, 6.45) is 0.561. The van der Waals surface area contributed by atoms with Crippen molar-refractivity contribution in [3.05, 3.63) is 29.6 Å². The van der Waals surface area contributed by atoms with Gasteiger partial charge in [-0.05, 0) is 24.6 Å². The maximum absolute atomic E-state index is 14.0. The minimum absolute atomic E-state index is 0.0527. The lowest BCUT2D eigenvalue weighted by Gasteiger charge is -2.37. The molecule has 6 heteroatoms. The molecule has 0 radical (unpaired) electrons. The van der Waals surface area contributed by atoms with Crippen molar-refractivity contribution in [1.82, 2.24) is 0 Å². The molecule has 1 aromatic carbocycles. The van der Waals surface area contributed by atoms with Gasteiger partial charge in [-0.25, -0.2) is 9.18 Å². The van der Waals surface area contributed by atoms with Gasteiger partial charge in [0.1, 0.15) is 5.82 Å². The van der Waals surface area contributed by atoms with Crippen LogP contribution in [0, 0.1) is 5.82 Å². The van der Waals surface area contributed by atoms with Gasteiger partial charge in [-0.15, -0.1) is 0 Å². The van der Waals surface area contributed by atoms with E-state index in [4.69, 9.17) is 10.5 Å². The molecule has 1 aliphatic rings. The van der Waals surface area contributed by atoms with Crippen LogP contribution in [0.2, 0.25) is 0 Å². The normalized spacial score (nSPS) is 22.7. The van der Waals surface area contributed by atoms with Crippen LogP contribution in [0.15, 0.2) is 18.2 Å². The highest BCUT2D eigenvalue weighted by Crippen LogP contribution is 2.25. The van der Waals surface area contributed by atoms with Crippen molar-refractivity contribution in [2.45, 2.75) is 18.6 Å². The number of rotatable bonds is 3. The van der Waals surface area contributed by atoms with E-state index in [0.717, 1.165) is 0 Å². The Bertz CT molecular complexity index is 495. The van der Waals surface area contributed by atoms with E-state index in [0.29, 0.717) is 30.8 Å². The lowest BCUT2D eigenvalue weighted by atomic mass is 10.0. The standard InChI is InChI=1S/C14H19FN2O3/c1-19-13-8-17(6-5-11(13)16)12-7-9(14(18)20-2)3-4-10(12)15/h3-4,7,11,13H,5-6,8,16H2,1-2H3/t11-,13+/m1/s1. The molecule has 1 aromatic rings. The predicted octanol–water partition coefficient (Wildman–Crippen LogP) is 1.16. The number of carbonyl (C=O) groups excluding carboxylic acids is 1. The zero-order chi connectivity index (χ0) is 14.7. The highest BCUT2D eigenvalue weighted by molar-refractivity contribution is 5.90. The van der Waals surface area contributed by atoms with Gasteiger partial charge in [0.25, 0.3) is 0 Å². The molecule has 0 bridgehead atoms. The van der Waals surface area contributed by atoms with Gasteiger partial charge in [0.15, 0.2) is 0 Å². The summed E-state index contributed by atoms with van der Waals surface area (Å²) in [5.41, 5.74) is 6.65. The highest BCUT2D eigenvalue weighted by atomic mass is 19.1. The predicted molar refractivity (Wildman–Crippen MR) is 73.3 cm³/mol. The number of carbonyl (C=O) groups is 1. The second kappa shape index (κ2) is 6.19. The fourth-order valence-corrected chi connectivity index (χ4v) is 2.40. The first-order valence-electron chi connectivity index (χ1n) is 6.48. The summed E-state index contributed by atoms with van der Waals surface area (Å²) in [6.45, 7) is 1.13. The van der Waals surface area contributed by atoms with Crippen LogP contribution in [0.1, 0.15) is 16.8 Å². The van der Waals surface area contributed by atoms with Gasteiger partial charge in [0, 0.05) is 26.2 Å². The first-order valence-corrected chi connectivity index (χ1v) is 6.48. The van der Waals surface area contributed by atoms with Crippen molar-refractivity contribution < 1.29 is 18.7 Å². The Balaban J connectivity index is 2.25. The Morgan fingerprint density at radius 2 is 2.20 bits per heavy atom. The van der Waals surface area contributed by atoms with E-state index < -0.39 is 5.97 Å². The number of hydrogen-bond donors (Lipinski definition) is 1. The van der Waals surface area contributed by atoms with E-state index in [1.807, 2.05) is 4.90 Å². The topological polar surface area (TPSA) is 64.8 Å². The maximum Gasteiger partial charge on any atom is 0.337 e. The first-order chi connectivity index (χ1) is 9.56. The van der Waals surface area contributed by atoms with Crippen molar-refractivity contribution in [3.8, 4) is 0 Å². The number of anilines is 1. The average Bonchev–Trinajstić information content (AvgIpc) is 2.47. The monoisotopic (exact) mass is 282 g/mol. The minimum atomic E-state index is -0.483. The fraction of sp³-hybridized carbons (Fsp3) is 0.500. The van der Waals surface area contributed by atoms with Crippen LogP contribution in [-0.2, 0) is 9.47 Å². The first kappa shape index (κ1) is 14.7. The molecule has 1 saturated heterocycles. The molecular weight excluding hydrogens is 263 g/mol. The third kappa shape index (κ3) is 2.91. The zero-order valence-electron chi connectivity index (χ0n) is 11.6. The lowest BCUT2D eigenvalue weighted by molar-refractivity contribution is 0.0600. The molecule has 0 saturated carbocycles. The van der Waals surface area contributed by atoms with Crippen LogP contribution >= 0.6 is 0 Å². The Morgan fingerprint density at radius 1 is 1.45 bits per heavy atom. The number of ether oxygens (including phenoxy) is 2. The Labute approximate surface area is 117 Å². The van der Waals surface area contributed by atoms with Crippen molar-refractivity contribution in [3.63, 3.8) is 0 Å². The van der Waals surface area contributed by atoms with Gasteiger partial charge in [0.2, 0.25) is 0 Å². The smallest absolute Gasteiger partial charge is 0.337 e. The van der Waals surface area contributed by atoms with Crippen molar-refractivity contribution >= 4 is 11.7 Å². The lowest BCUT2D eigenvalue weighted by Crippen LogP contribution is -2.51. The zero-order valence-corrected chi connectivity index (χ0v) is 11.6. The number of esters is 1. The van der Waals surface area contributed by atoms with E-state index in [2.05, 4.69) is 4.74 Å². The van der Waals surface area contributed by atoms with E-state index in [9.17, 15) is 9.18 Å². The van der Waals surface area contributed by atoms with Gasteiger partial charge in [-0.2, -0.15) is 0 Å². The second-order valence-electron chi connectivity index (χ2n) is 4.83. The van der Waals surface area contributed by atoms with Crippen LogP contribution in [-0.4, -0.2) is 45.4 Å². The fourth-order valence-electron chi connectivity index (χ4n) is 2.40. The van der Waals surface area contributed by atoms with Gasteiger partial charge in [-0.1, -0.05) is 0 Å². The van der Waals surface area contributed by atoms with E-state index in [-0.39, 0.29) is 18.0 Å². The van der Waals surface area contributed by atoms with Crippen LogP contribution in [0.25, 0.3) is 0 Å². The molecule has 1 fully saturated rings. The summed E-state index contributed by atoms with van der Waals surface area (Å²) in [6, 6.07) is 4.14. The summed E-state index contributed by atoms with van der Waals surface area (Å²) < 4.78 is 24.0. The number of halogens is 1. The number of hydrogen-bond acceptors (Lipinski definition) is 5. The highest BCUT2D eigenvalue weighted by Gasteiger charge is 2.28. The molecular formula is C14H19FN2O3. The number of piperidine rings is 1. The van der Waals surface area contributed by atoms with Crippen LogP contribution in [0.3, 0.4) is 0 Å². The summed E-state index contributed by atoms with van der Waals surface area (Å²) in [5.74, 6) is -0.855. The van der Waals surface area contributed by atoms with Crippen LogP contribution in [0.5, 0.6) is 0 Å². The third-order valence-electron chi connectivity index (χ3n) is 3.62. The molecule has 0 aliphatic carbocycles. The van der Waals surface area contributed by atoms with Crippen molar-refractivity contribution in [2.24, 2.45) is 5.73 Å². The average molecular weight is 282 g/mol. The molecule has 2 rings (SSSR count). The van der Waals surface area contributed by atoms with Gasteiger partial charge in [0.05, 0.1) is 24.5 Å². The Morgan fingerprint density at radius 3 is 2.85 bits per heavy atom. The van der Waals surface area contributed by atoms with Gasteiger partial charge >= 0.3 is 5.97 Å². The molecule has 1 aliphatic heterocycles. The molecule has 0 unspecified atom stereocenters. The Kier molecular flexibility index (Phi) is 4.57.